The van der Waals surface area contributed by atoms with Gasteiger partial charge in [0.25, 0.3) is 0 Å². The van der Waals surface area contributed by atoms with E-state index in [1.54, 1.807) is 24.3 Å². The molecule has 0 unspecified atom stereocenters. The molecule has 38 heavy (non-hydrogen) atoms. The van der Waals surface area contributed by atoms with Crippen LogP contribution in [-0.2, 0) is 11.0 Å². The number of benzene rings is 2. The number of nitrogens with zero attached hydrogens (tertiary/aromatic N) is 3. The highest BCUT2D eigenvalue weighted by Crippen LogP contribution is 2.36. The van der Waals surface area contributed by atoms with Crippen molar-refractivity contribution in [2.75, 3.05) is 30.3 Å². The molecule has 3 heterocycles. The van der Waals surface area contributed by atoms with Crippen molar-refractivity contribution in [2.45, 2.75) is 25.9 Å². The Labute approximate surface area is 215 Å². The van der Waals surface area contributed by atoms with Crippen molar-refractivity contribution in [2.24, 2.45) is 5.92 Å². The van der Waals surface area contributed by atoms with Gasteiger partial charge in [-0.25, -0.2) is 4.98 Å². The van der Waals surface area contributed by atoms with Gasteiger partial charge < -0.3 is 19.8 Å². The number of carbonyl (C=O) groups is 1. The molecule has 1 amide bonds. The summed E-state index contributed by atoms with van der Waals surface area (Å²) >= 11 is 0. The summed E-state index contributed by atoms with van der Waals surface area (Å²) < 4.78 is 51.8. The zero-order chi connectivity index (χ0) is 26.7. The third-order valence-corrected chi connectivity index (χ3v) is 6.16. The van der Waals surface area contributed by atoms with E-state index in [-0.39, 0.29) is 23.7 Å². The van der Waals surface area contributed by atoms with Crippen LogP contribution in [0.1, 0.15) is 25.3 Å². The maximum Gasteiger partial charge on any atom is 0.416 e. The second kappa shape index (κ2) is 10.7. The van der Waals surface area contributed by atoms with Crippen LogP contribution >= 0.6 is 0 Å². The van der Waals surface area contributed by atoms with Crippen LogP contribution in [0, 0.1) is 5.92 Å². The summed E-state index contributed by atoms with van der Waals surface area (Å²) in [5.41, 5.74) is 1.21. The average Bonchev–Trinajstić information content (AvgIpc) is 3.30. The van der Waals surface area contributed by atoms with Crippen molar-refractivity contribution < 1.29 is 27.1 Å². The van der Waals surface area contributed by atoms with Crippen molar-refractivity contribution in [1.29, 1.82) is 0 Å². The summed E-state index contributed by atoms with van der Waals surface area (Å²) in [6.45, 7) is 3.66. The normalized spacial score (nSPS) is 14.4. The quantitative estimate of drug-likeness (QED) is 0.291. The van der Waals surface area contributed by atoms with Crippen LogP contribution in [0.2, 0.25) is 0 Å². The van der Waals surface area contributed by atoms with E-state index in [4.69, 9.17) is 9.15 Å². The molecule has 0 radical (unpaired) electrons. The van der Waals surface area contributed by atoms with E-state index in [1.807, 2.05) is 0 Å². The number of ether oxygens (including phenoxy) is 1. The number of para-hydroxylation sites is 1. The first-order valence-electron chi connectivity index (χ1n) is 12.1. The third kappa shape index (κ3) is 5.86. The highest BCUT2D eigenvalue weighted by atomic mass is 19.4. The highest BCUT2D eigenvalue weighted by molar-refractivity contribution is 5.89. The first-order chi connectivity index (χ1) is 18.3. The molecule has 1 aliphatic heterocycles. The van der Waals surface area contributed by atoms with E-state index in [9.17, 15) is 18.0 Å². The van der Waals surface area contributed by atoms with Crippen LogP contribution in [0.4, 0.5) is 24.9 Å². The van der Waals surface area contributed by atoms with Gasteiger partial charge in [-0.1, -0.05) is 12.1 Å². The number of fused-ring (bicyclic) bond motifs is 1. The van der Waals surface area contributed by atoms with Crippen LogP contribution < -0.4 is 20.7 Å². The molecule has 3 N–H and O–H groups in total. The van der Waals surface area contributed by atoms with Crippen molar-refractivity contribution in [3.05, 3.63) is 54.2 Å². The Bertz CT molecular complexity index is 1450. The van der Waals surface area contributed by atoms with E-state index in [0.29, 0.717) is 40.5 Å². The maximum atomic E-state index is 13.5. The third-order valence-electron chi connectivity index (χ3n) is 6.16. The molecule has 5 rings (SSSR count). The molecule has 0 saturated carbocycles. The molecule has 1 fully saturated rings. The topological polar surface area (TPSA) is 114 Å². The average molecular weight is 527 g/mol. The molecule has 12 heteroatoms. The van der Waals surface area contributed by atoms with Crippen molar-refractivity contribution in [3.8, 4) is 23.0 Å². The van der Waals surface area contributed by atoms with Gasteiger partial charge in [0, 0.05) is 30.9 Å². The first kappa shape index (κ1) is 25.5. The molecule has 2 aromatic carbocycles. The van der Waals surface area contributed by atoms with Gasteiger partial charge in [0.05, 0.1) is 11.3 Å². The number of hydrogen-bond acceptors (Lipinski definition) is 8. The molecule has 1 saturated heterocycles. The van der Waals surface area contributed by atoms with Crippen molar-refractivity contribution >= 4 is 28.7 Å². The Morgan fingerprint density at radius 3 is 2.74 bits per heavy atom. The smallest absolute Gasteiger partial charge is 0.416 e. The van der Waals surface area contributed by atoms with E-state index in [1.165, 1.54) is 19.2 Å². The molecule has 2 aromatic heterocycles. The molecule has 198 valence electrons. The monoisotopic (exact) mass is 526 g/mol. The van der Waals surface area contributed by atoms with E-state index in [0.717, 1.165) is 38.1 Å². The minimum Gasteiger partial charge on any atom is -0.423 e. The van der Waals surface area contributed by atoms with Crippen LogP contribution in [0.5, 0.6) is 11.8 Å². The van der Waals surface area contributed by atoms with Crippen molar-refractivity contribution in [1.82, 2.24) is 20.3 Å². The van der Waals surface area contributed by atoms with Crippen LogP contribution in [0.3, 0.4) is 0 Å². The number of hydrogen-bond donors (Lipinski definition) is 3. The Morgan fingerprint density at radius 1 is 1.16 bits per heavy atom. The number of halogens is 3. The fourth-order valence-corrected chi connectivity index (χ4v) is 4.28. The van der Waals surface area contributed by atoms with Gasteiger partial charge in [-0.2, -0.15) is 23.1 Å². The molecule has 0 bridgehead atoms. The number of alkyl halides is 3. The molecule has 0 atom stereocenters. The van der Waals surface area contributed by atoms with Gasteiger partial charge in [-0.3, -0.25) is 10.1 Å². The summed E-state index contributed by atoms with van der Waals surface area (Å²) in [7, 11) is 0. The molecular weight excluding hydrogens is 501 g/mol. The van der Waals surface area contributed by atoms with Gasteiger partial charge in [-0.15, -0.1) is 0 Å². The van der Waals surface area contributed by atoms with Gasteiger partial charge in [0.1, 0.15) is 0 Å². The lowest BCUT2D eigenvalue weighted by molar-refractivity contribution is -0.137. The zero-order valence-corrected chi connectivity index (χ0v) is 20.4. The van der Waals surface area contributed by atoms with E-state index < -0.39 is 11.7 Å². The van der Waals surface area contributed by atoms with Gasteiger partial charge >= 0.3 is 18.2 Å². The summed E-state index contributed by atoms with van der Waals surface area (Å²) in [5, 5.41) is 8.99. The second-order valence-electron chi connectivity index (χ2n) is 8.96. The molecule has 1 aliphatic rings. The van der Waals surface area contributed by atoms with Gasteiger partial charge in [0.2, 0.25) is 5.91 Å². The Balaban J connectivity index is 1.44. The molecular formula is C26H25F3N6O3. The summed E-state index contributed by atoms with van der Waals surface area (Å²) in [4.78, 5) is 24.2. The Morgan fingerprint density at radius 2 is 1.97 bits per heavy atom. The molecule has 4 aromatic rings. The fraction of sp³-hybridized carbons (Fsp3) is 0.308. The minimum atomic E-state index is -4.48. The second-order valence-corrected chi connectivity index (χ2v) is 8.96. The predicted octanol–water partition coefficient (Wildman–Crippen LogP) is 5.47. The predicted molar refractivity (Wildman–Crippen MR) is 135 cm³/mol. The summed E-state index contributed by atoms with van der Waals surface area (Å²) in [6.07, 6.45) is -1.11. The fourth-order valence-electron chi connectivity index (χ4n) is 4.28. The standard InChI is InChI=1S/C26H25F3N6O3/c1-15(36)33-25-35-23-21(3-2-4-22(23)38-25)37-24-31-12-9-19(34-24)18-6-5-17(26(27,28)29)13-20(18)32-14-16-7-10-30-11-8-16/h2-6,9,12-13,16,30,32H,7-8,10-11,14H2,1H3,(H,33,35,36). The lowest BCUT2D eigenvalue weighted by Crippen LogP contribution is -2.31. The number of amides is 1. The Kier molecular flexibility index (Phi) is 7.14. The van der Waals surface area contributed by atoms with E-state index in [2.05, 4.69) is 30.9 Å². The largest absolute Gasteiger partial charge is 0.423 e. The number of carbonyl (C=O) groups excluding carboxylic acids is 1. The lowest BCUT2D eigenvalue weighted by atomic mass is 9.97. The number of anilines is 2. The maximum absolute atomic E-state index is 13.5. The van der Waals surface area contributed by atoms with E-state index >= 15 is 0 Å². The SMILES string of the molecule is CC(=O)Nc1nc2c(Oc3nccc(-c4ccc(C(F)(F)F)cc4NCC4CCNCC4)n3)cccc2o1. The molecule has 9 nitrogen and oxygen atoms in total. The number of rotatable bonds is 7. The lowest BCUT2D eigenvalue weighted by Gasteiger charge is -2.24. The summed E-state index contributed by atoms with van der Waals surface area (Å²) in [5.74, 6) is 0.307. The number of nitrogens with one attached hydrogen (secondary N) is 3. The minimum absolute atomic E-state index is 0.0208. The molecule has 0 spiro atoms. The first-order valence-corrected chi connectivity index (χ1v) is 12.1. The number of oxazole rings is 1. The highest BCUT2D eigenvalue weighted by Gasteiger charge is 2.31. The Hall–Kier alpha value is -4.19. The number of aromatic nitrogens is 3. The number of piperidine rings is 1. The van der Waals surface area contributed by atoms with Crippen molar-refractivity contribution in [3.63, 3.8) is 0 Å². The zero-order valence-electron chi connectivity index (χ0n) is 20.4. The van der Waals surface area contributed by atoms with Crippen LogP contribution in [-0.4, -0.2) is 40.5 Å². The van der Waals surface area contributed by atoms with Crippen LogP contribution in [0.25, 0.3) is 22.4 Å². The van der Waals surface area contributed by atoms with Crippen LogP contribution in [0.15, 0.2) is 53.1 Å². The van der Waals surface area contributed by atoms with Gasteiger partial charge in [0.15, 0.2) is 16.8 Å². The summed E-state index contributed by atoms with van der Waals surface area (Å²) in [6, 6.07) is 10.1. The molecule has 0 aliphatic carbocycles. The van der Waals surface area contributed by atoms with Gasteiger partial charge in [-0.05, 0) is 62.2 Å².